The fourth-order valence-corrected chi connectivity index (χ4v) is 3.00. The molecule has 0 radical (unpaired) electrons. The first kappa shape index (κ1) is 18.1. The molecule has 0 bridgehead atoms. The smallest absolute Gasteiger partial charge is 0.220 e. The molecule has 0 saturated carbocycles. The van der Waals surface area contributed by atoms with E-state index in [2.05, 4.69) is 37.4 Å². The second kappa shape index (κ2) is 8.53. The van der Waals surface area contributed by atoms with Gasteiger partial charge in [0.25, 0.3) is 0 Å². The molecule has 2 aromatic carbocycles. The molecule has 24 heavy (non-hydrogen) atoms. The predicted molar refractivity (Wildman–Crippen MR) is 98.4 cm³/mol. The van der Waals surface area contributed by atoms with Gasteiger partial charge in [0.1, 0.15) is 5.75 Å². The molecule has 0 heterocycles. The molecular weight excluding hydrogens is 298 g/mol. The highest BCUT2D eigenvalue weighted by Gasteiger charge is 2.14. The van der Waals surface area contributed by atoms with Crippen LogP contribution in [0.2, 0.25) is 0 Å². The molecule has 2 rings (SSSR count). The maximum absolute atomic E-state index is 12.3. The Kier molecular flexibility index (Phi) is 6.42. The van der Waals surface area contributed by atoms with Crippen molar-refractivity contribution in [2.75, 3.05) is 7.11 Å². The van der Waals surface area contributed by atoms with Gasteiger partial charge in [-0.2, -0.15) is 0 Å². The number of carbonyl (C=O) groups is 1. The van der Waals surface area contributed by atoms with Crippen molar-refractivity contribution >= 4 is 5.91 Å². The van der Waals surface area contributed by atoms with Crippen molar-refractivity contribution in [1.82, 2.24) is 5.32 Å². The van der Waals surface area contributed by atoms with Crippen LogP contribution in [0.4, 0.5) is 0 Å². The lowest BCUT2D eigenvalue weighted by atomic mass is 9.99. The van der Waals surface area contributed by atoms with Crippen LogP contribution in [-0.2, 0) is 11.2 Å². The van der Waals surface area contributed by atoms with Crippen molar-refractivity contribution in [3.05, 3.63) is 64.7 Å². The summed E-state index contributed by atoms with van der Waals surface area (Å²) in [6, 6.07) is 14.4. The molecule has 1 amide bonds. The molecule has 0 aromatic heterocycles. The lowest BCUT2D eigenvalue weighted by molar-refractivity contribution is -0.121. The number of methoxy groups -OCH3 is 1. The number of ether oxygens (including phenoxy) is 1. The summed E-state index contributed by atoms with van der Waals surface area (Å²) in [5.41, 5.74) is 4.68. The number of nitrogens with one attached hydrogen (secondary N) is 1. The Morgan fingerprint density at radius 1 is 1.12 bits per heavy atom. The number of carbonyl (C=O) groups excluding carboxylic acids is 1. The van der Waals surface area contributed by atoms with Crippen molar-refractivity contribution in [2.24, 2.45) is 0 Å². The van der Waals surface area contributed by atoms with Crippen LogP contribution in [0, 0.1) is 13.8 Å². The van der Waals surface area contributed by atoms with Crippen LogP contribution in [0.3, 0.4) is 0 Å². The summed E-state index contributed by atoms with van der Waals surface area (Å²) in [4.78, 5) is 12.3. The van der Waals surface area contributed by atoms with Gasteiger partial charge < -0.3 is 10.1 Å². The van der Waals surface area contributed by atoms with Crippen molar-refractivity contribution in [3.8, 4) is 5.75 Å². The molecule has 1 atom stereocenters. The molecule has 1 N–H and O–H groups in total. The highest BCUT2D eigenvalue weighted by atomic mass is 16.5. The monoisotopic (exact) mass is 325 g/mol. The molecule has 0 aliphatic heterocycles. The van der Waals surface area contributed by atoms with E-state index in [0.717, 1.165) is 29.7 Å². The van der Waals surface area contributed by atoms with Gasteiger partial charge in [-0.25, -0.2) is 0 Å². The molecular formula is C21H27NO2. The first-order valence-corrected chi connectivity index (χ1v) is 8.53. The Bertz CT molecular complexity index is 694. The van der Waals surface area contributed by atoms with E-state index in [9.17, 15) is 4.79 Å². The molecule has 0 saturated heterocycles. The second-order valence-corrected chi connectivity index (χ2v) is 6.19. The number of aryl methyl sites for hydroxylation is 3. The quantitative estimate of drug-likeness (QED) is 0.813. The maximum atomic E-state index is 12.3. The zero-order valence-corrected chi connectivity index (χ0v) is 15.1. The third kappa shape index (κ3) is 4.60. The highest BCUT2D eigenvalue weighted by Crippen LogP contribution is 2.21. The SMILES string of the molecule is CC[C@H](NC(=O)CCc1ccc(OC)c(C)c1)c1ccccc1C. The van der Waals surface area contributed by atoms with E-state index in [0.29, 0.717) is 6.42 Å². The zero-order chi connectivity index (χ0) is 17.5. The molecule has 0 spiro atoms. The standard InChI is InChI=1S/C21H27NO2/c1-5-19(18-9-7-6-8-15(18)2)22-21(23)13-11-17-10-12-20(24-4)16(3)14-17/h6-10,12,14,19H,5,11,13H2,1-4H3,(H,22,23)/t19-/m0/s1. The first-order chi connectivity index (χ1) is 11.5. The molecule has 3 nitrogen and oxygen atoms in total. The summed E-state index contributed by atoms with van der Waals surface area (Å²) in [5.74, 6) is 0.979. The third-order valence-corrected chi connectivity index (χ3v) is 4.41. The van der Waals surface area contributed by atoms with E-state index in [4.69, 9.17) is 4.74 Å². The second-order valence-electron chi connectivity index (χ2n) is 6.19. The summed E-state index contributed by atoms with van der Waals surface area (Å²) >= 11 is 0. The normalized spacial score (nSPS) is 11.8. The average Bonchev–Trinajstić information content (AvgIpc) is 2.58. The molecule has 0 fully saturated rings. The first-order valence-electron chi connectivity index (χ1n) is 8.53. The van der Waals surface area contributed by atoms with Crippen molar-refractivity contribution in [2.45, 2.75) is 46.1 Å². The Morgan fingerprint density at radius 2 is 1.88 bits per heavy atom. The molecule has 128 valence electrons. The van der Waals surface area contributed by atoms with Gasteiger partial charge in [0, 0.05) is 6.42 Å². The van der Waals surface area contributed by atoms with Crippen LogP contribution >= 0.6 is 0 Å². The lowest BCUT2D eigenvalue weighted by Gasteiger charge is -2.19. The van der Waals surface area contributed by atoms with Crippen LogP contribution in [0.1, 0.15) is 48.1 Å². The van der Waals surface area contributed by atoms with Gasteiger partial charge in [0.05, 0.1) is 13.2 Å². The van der Waals surface area contributed by atoms with E-state index < -0.39 is 0 Å². The minimum absolute atomic E-state index is 0.0799. The van der Waals surface area contributed by atoms with Crippen LogP contribution in [-0.4, -0.2) is 13.0 Å². The predicted octanol–water partition coefficient (Wildman–Crippen LogP) is 4.51. The summed E-state index contributed by atoms with van der Waals surface area (Å²) in [5, 5.41) is 3.17. The van der Waals surface area contributed by atoms with E-state index in [1.807, 2.05) is 31.2 Å². The molecule has 0 aliphatic carbocycles. The Hall–Kier alpha value is -2.29. The Balaban J connectivity index is 1.95. The topological polar surface area (TPSA) is 38.3 Å². The van der Waals surface area contributed by atoms with E-state index in [1.54, 1.807) is 7.11 Å². The van der Waals surface area contributed by atoms with Gasteiger partial charge in [0.2, 0.25) is 5.91 Å². The molecule has 0 unspecified atom stereocenters. The molecule has 2 aromatic rings. The number of amides is 1. The fraction of sp³-hybridized carbons (Fsp3) is 0.381. The van der Waals surface area contributed by atoms with Gasteiger partial charge in [-0.05, 0) is 55.0 Å². The lowest BCUT2D eigenvalue weighted by Crippen LogP contribution is -2.28. The largest absolute Gasteiger partial charge is 0.496 e. The van der Waals surface area contributed by atoms with Crippen LogP contribution in [0.5, 0.6) is 5.75 Å². The van der Waals surface area contributed by atoms with E-state index >= 15 is 0 Å². The Labute approximate surface area is 145 Å². The number of benzene rings is 2. The minimum Gasteiger partial charge on any atom is -0.496 e. The molecule has 0 aliphatic rings. The van der Waals surface area contributed by atoms with Gasteiger partial charge in [0.15, 0.2) is 0 Å². The van der Waals surface area contributed by atoms with Crippen molar-refractivity contribution in [3.63, 3.8) is 0 Å². The molecule has 3 heteroatoms. The van der Waals surface area contributed by atoms with Crippen molar-refractivity contribution < 1.29 is 9.53 Å². The number of rotatable bonds is 7. The third-order valence-electron chi connectivity index (χ3n) is 4.41. The van der Waals surface area contributed by atoms with E-state index in [1.165, 1.54) is 11.1 Å². The maximum Gasteiger partial charge on any atom is 0.220 e. The van der Waals surface area contributed by atoms with Gasteiger partial charge in [-0.3, -0.25) is 4.79 Å². The van der Waals surface area contributed by atoms with Gasteiger partial charge in [-0.15, -0.1) is 0 Å². The summed E-state index contributed by atoms with van der Waals surface area (Å²) in [6.07, 6.45) is 2.12. The van der Waals surface area contributed by atoms with Crippen molar-refractivity contribution in [1.29, 1.82) is 0 Å². The van der Waals surface area contributed by atoms with E-state index in [-0.39, 0.29) is 11.9 Å². The number of hydrogen-bond donors (Lipinski definition) is 1. The van der Waals surface area contributed by atoms with Gasteiger partial charge in [-0.1, -0.05) is 43.3 Å². The summed E-state index contributed by atoms with van der Waals surface area (Å²) < 4.78 is 5.27. The van der Waals surface area contributed by atoms with Crippen LogP contribution in [0.25, 0.3) is 0 Å². The minimum atomic E-state index is 0.0799. The fourth-order valence-electron chi connectivity index (χ4n) is 3.00. The summed E-state index contributed by atoms with van der Waals surface area (Å²) in [6.45, 7) is 6.21. The highest BCUT2D eigenvalue weighted by molar-refractivity contribution is 5.76. The average molecular weight is 325 g/mol. The summed E-state index contributed by atoms with van der Waals surface area (Å²) in [7, 11) is 1.67. The van der Waals surface area contributed by atoms with Crippen LogP contribution in [0.15, 0.2) is 42.5 Å². The zero-order valence-electron chi connectivity index (χ0n) is 15.1. The number of hydrogen-bond acceptors (Lipinski definition) is 2. The van der Waals surface area contributed by atoms with Crippen LogP contribution < -0.4 is 10.1 Å². The Morgan fingerprint density at radius 3 is 2.50 bits per heavy atom. The van der Waals surface area contributed by atoms with Gasteiger partial charge >= 0.3 is 0 Å².